The molecule has 0 aromatic heterocycles. The normalized spacial score (nSPS) is 22.4. The van der Waals surface area contributed by atoms with Crippen molar-refractivity contribution in [2.24, 2.45) is 10.9 Å². The van der Waals surface area contributed by atoms with E-state index in [0.717, 1.165) is 13.0 Å². The van der Waals surface area contributed by atoms with Gasteiger partial charge in [-0.3, -0.25) is 4.90 Å². The van der Waals surface area contributed by atoms with Crippen LogP contribution in [0.4, 0.5) is 0 Å². The molecule has 0 radical (unpaired) electrons. The summed E-state index contributed by atoms with van der Waals surface area (Å²) in [5.41, 5.74) is 5.62. The molecule has 17 heavy (non-hydrogen) atoms. The number of nitrogens with two attached hydrogens (primary N) is 1. The molecular weight excluding hydrogens is 216 g/mol. The number of amidine groups is 1. The van der Waals surface area contributed by atoms with Gasteiger partial charge in [0.05, 0.1) is 6.04 Å². The zero-order valence-corrected chi connectivity index (χ0v) is 11.0. The summed E-state index contributed by atoms with van der Waals surface area (Å²) in [5, 5.41) is 15.1. The lowest BCUT2D eigenvalue weighted by Crippen LogP contribution is -2.48. The fourth-order valence-corrected chi connectivity index (χ4v) is 2.33. The maximum absolute atomic E-state index is 8.66. The quantitative estimate of drug-likeness (QED) is 0.281. The molecule has 0 spiro atoms. The molecule has 1 saturated heterocycles. The zero-order valence-electron chi connectivity index (χ0n) is 11.0. The second kappa shape index (κ2) is 7.50. The van der Waals surface area contributed by atoms with Crippen LogP contribution in [0.3, 0.4) is 0 Å². The number of rotatable bonds is 6. The van der Waals surface area contributed by atoms with Crippen molar-refractivity contribution in [3.8, 4) is 0 Å². The first kappa shape index (κ1) is 14.3. The van der Waals surface area contributed by atoms with Crippen molar-refractivity contribution in [1.82, 2.24) is 10.2 Å². The molecule has 0 aromatic rings. The lowest BCUT2D eigenvalue weighted by molar-refractivity contribution is 0.169. The van der Waals surface area contributed by atoms with Gasteiger partial charge in [-0.05, 0) is 39.3 Å². The van der Waals surface area contributed by atoms with Crippen LogP contribution in [0.1, 0.15) is 39.5 Å². The van der Waals surface area contributed by atoms with Gasteiger partial charge in [0.15, 0.2) is 5.84 Å². The Morgan fingerprint density at radius 1 is 1.41 bits per heavy atom. The molecule has 1 rings (SSSR count). The van der Waals surface area contributed by atoms with Gasteiger partial charge in [-0.25, -0.2) is 0 Å². The third kappa shape index (κ3) is 4.52. The van der Waals surface area contributed by atoms with Gasteiger partial charge >= 0.3 is 0 Å². The molecule has 1 aliphatic rings. The molecule has 0 amide bonds. The third-order valence-electron chi connectivity index (χ3n) is 3.55. The summed E-state index contributed by atoms with van der Waals surface area (Å²) >= 11 is 0. The molecule has 100 valence electrons. The molecule has 1 fully saturated rings. The fourth-order valence-electron chi connectivity index (χ4n) is 2.33. The monoisotopic (exact) mass is 242 g/mol. The molecule has 0 bridgehead atoms. The van der Waals surface area contributed by atoms with Crippen LogP contribution < -0.4 is 11.1 Å². The summed E-state index contributed by atoms with van der Waals surface area (Å²) in [7, 11) is 0. The minimum Gasteiger partial charge on any atom is -0.409 e. The molecule has 4 N–H and O–H groups in total. The number of nitrogens with zero attached hydrogens (tertiary/aromatic N) is 2. The van der Waals surface area contributed by atoms with Crippen molar-refractivity contribution in [1.29, 1.82) is 0 Å². The minimum absolute atomic E-state index is 0.0211. The van der Waals surface area contributed by atoms with E-state index < -0.39 is 0 Å². The number of hydrogen-bond donors (Lipinski definition) is 3. The molecular formula is C12H26N4O. The summed E-state index contributed by atoms with van der Waals surface area (Å²) in [5.74, 6) is 0.276. The van der Waals surface area contributed by atoms with E-state index in [-0.39, 0.29) is 11.9 Å². The van der Waals surface area contributed by atoms with E-state index in [0.29, 0.717) is 6.04 Å². The maximum atomic E-state index is 8.66. The van der Waals surface area contributed by atoms with E-state index in [4.69, 9.17) is 10.9 Å². The van der Waals surface area contributed by atoms with Crippen LogP contribution in [0.2, 0.25) is 0 Å². The molecule has 1 heterocycles. The van der Waals surface area contributed by atoms with E-state index in [1.54, 1.807) is 0 Å². The number of hydrogen-bond acceptors (Lipinski definition) is 4. The van der Waals surface area contributed by atoms with Gasteiger partial charge in [0.1, 0.15) is 0 Å². The number of nitrogens with one attached hydrogen (secondary N) is 1. The standard InChI is InChI=1S/C12H26N4O/c1-3-11(12(13)15-17)14-9-10(2)16-7-5-4-6-8-16/h10-11,14,17H,3-9H2,1-2H3,(H2,13,15). The van der Waals surface area contributed by atoms with Crippen molar-refractivity contribution >= 4 is 5.84 Å². The molecule has 2 atom stereocenters. The van der Waals surface area contributed by atoms with Crippen LogP contribution in [0.25, 0.3) is 0 Å². The van der Waals surface area contributed by atoms with Crippen LogP contribution in [-0.2, 0) is 0 Å². The Bertz CT molecular complexity index is 239. The van der Waals surface area contributed by atoms with Gasteiger partial charge in [0.25, 0.3) is 0 Å². The van der Waals surface area contributed by atoms with Crippen molar-refractivity contribution in [3.63, 3.8) is 0 Å². The molecule has 0 aromatic carbocycles. The van der Waals surface area contributed by atoms with Crippen LogP contribution >= 0.6 is 0 Å². The lowest BCUT2D eigenvalue weighted by Gasteiger charge is -2.33. The largest absolute Gasteiger partial charge is 0.409 e. The second-order valence-electron chi connectivity index (χ2n) is 4.84. The predicted molar refractivity (Wildman–Crippen MR) is 70.4 cm³/mol. The number of oxime groups is 1. The minimum atomic E-state index is -0.0211. The Morgan fingerprint density at radius 2 is 2.06 bits per heavy atom. The summed E-state index contributed by atoms with van der Waals surface area (Å²) < 4.78 is 0. The average Bonchev–Trinajstić information content (AvgIpc) is 2.39. The summed E-state index contributed by atoms with van der Waals surface area (Å²) in [6.07, 6.45) is 4.81. The van der Waals surface area contributed by atoms with E-state index in [1.807, 2.05) is 6.92 Å². The first-order valence-corrected chi connectivity index (χ1v) is 6.63. The number of piperidine rings is 1. The Balaban J connectivity index is 2.32. The Kier molecular flexibility index (Phi) is 6.29. The van der Waals surface area contributed by atoms with Gasteiger partial charge in [-0.2, -0.15) is 0 Å². The van der Waals surface area contributed by atoms with E-state index in [2.05, 4.69) is 22.3 Å². The van der Waals surface area contributed by atoms with Gasteiger partial charge in [0, 0.05) is 12.6 Å². The van der Waals surface area contributed by atoms with Crippen LogP contribution in [0.5, 0.6) is 0 Å². The van der Waals surface area contributed by atoms with Gasteiger partial charge < -0.3 is 16.3 Å². The fraction of sp³-hybridized carbons (Fsp3) is 0.917. The zero-order chi connectivity index (χ0) is 12.7. The highest BCUT2D eigenvalue weighted by Crippen LogP contribution is 2.11. The van der Waals surface area contributed by atoms with Crippen LogP contribution in [0.15, 0.2) is 5.16 Å². The highest BCUT2D eigenvalue weighted by atomic mass is 16.4. The Morgan fingerprint density at radius 3 is 2.59 bits per heavy atom. The molecule has 1 aliphatic heterocycles. The molecule has 2 unspecified atom stereocenters. The average molecular weight is 242 g/mol. The van der Waals surface area contributed by atoms with Crippen LogP contribution in [0, 0.1) is 0 Å². The van der Waals surface area contributed by atoms with Gasteiger partial charge in [-0.1, -0.05) is 18.5 Å². The maximum Gasteiger partial charge on any atom is 0.156 e. The number of likely N-dealkylation sites (tertiary alicyclic amines) is 1. The second-order valence-corrected chi connectivity index (χ2v) is 4.84. The van der Waals surface area contributed by atoms with E-state index in [9.17, 15) is 0 Å². The highest BCUT2D eigenvalue weighted by Gasteiger charge is 2.18. The van der Waals surface area contributed by atoms with Gasteiger partial charge in [0.2, 0.25) is 0 Å². The Labute approximate surface area is 104 Å². The van der Waals surface area contributed by atoms with Crippen LogP contribution in [-0.4, -0.2) is 47.7 Å². The lowest BCUT2D eigenvalue weighted by atomic mass is 10.1. The summed E-state index contributed by atoms with van der Waals surface area (Å²) in [4.78, 5) is 2.51. The van der Waals surface area contributed by atoms with Crippen molar-refractivity contribution in [3.05, 3.63) is 0 Å². The van der Waals surface area contributed by atoms with Crippen molar-refractivity contribution in [2.75, 3.05) is 19.6 Å². The molecule has 5 nitrogen and oxygen atoms in total. The first-order chi connectivity index (χ1) is 8.19. The SMILES string of the molecule is CCC(NCC(C)N1CCCCC1)C(N)=NO. The third-order valence-corrected chi connectivity index (χ3v) is 3.55. The smallest absolute Gasteiger partial charge is 0.156 e. The van der Waals surface area contributed by atoms with Gasteiger partial charge in [-0.15, -0.1) is 0 Å². The summed E-state index contributed by atoms with van der Waals surface area (Å²) in [6, 6.07) is 0.489. The highest BCUT2D eigenvalue weighted by molar-refractivity contribution is 5.85. The summed E-state index contributed by atoms with van der Waals surface area (Å²) in [6.45, 7) is 7.54. The van der Waals surface area contributed by atoms with Crippen molar-refractivity contribution < 1.29 is 5.21 Å². The first-order valence-electron chi connectivity index (χ1n) is 6.63. The molecule has 5 heteroatoms. The van der Waals surface area contributed by atoms with E-state index in [1.165, 1.54) is 32.4 Å². The van der Waals surface area contributed by atoms with E-state index >= 15 is 0 Å². The Hall–Kier alpha value is -0.810. The predicted octanol–water partition coefficient (Wildman–Crippen LogP) is 0.975. The molecule has 0 aliphatic carbocycles. The molecule has 0 saturated carbocycles. The van der Waals surface area contributed by atoms with Crippen molar-refractivity contribution in [2.45, 2.75) is 51.6 Å². The topological polar surface area (TPSA) is 73.9 Å².